The molecule has 1 amide bonds. The number of nitro benzene ring substituents is 1. The van der Waals surface area contributed by atoms with Crippen LogP contribution < -0.4 is 5.32 Å². The van der Waals surface area contributed by atoms with E-state index >= 15 is 0 Å². The third-order valence-corrected chi connectivity index (χ3v) is 3.82. The van der Waals surface area contributed by atoms with Gasteiger partial charge in [0, 0.05) is 12.6 Å². The highest BCUT2D eigenvalue weighted by Gasteiger charge is 2.25. The number of aliphatic hydroxyl groups is 2. The lowest BCUT2D eigenvalue weighted by Crippen LogP contribution is -2.35. The van der Waals surface area contributed by atoms with E-state index in [1.165, 1.54) is 0 Å². The van der Waals surface area contributed by atoms with Gasteiger partial charge in [0.15, 0.2) is 0 Å². The summed E-state index contributed by atoms with van der Waals surface area (Å²) in [7, 11) is 0. The Kier molecular flexibility index (Phi) is 7.02. The first-order valence-electron chi connectivity index (χ1n) is 8.12. The molecule has 0 bridgehead atoms. The number of nitrogens with zero attached hydrogens (tertiary/aromatic N) is 1. The van der Waals surface area contributed by atoms with Gasteiger partial charge in [-0.05, 0) is 23.3 Å². The van der Waals surface area contributed by atoms with Crippen LogP contribution in [0.25, 0.3) is 0 Å². The van der Waals surface area contributed by atoms with Gasteiger partial charge in [-0.3, -0.25) is 10.1 Å². The number of benzene rings is 2. The minimum atomic E-state index is -1.58. The van der Waals surface area contributed by atoms with Gasteiger partial charge in [0.25, 0.3) is 5.69 Å². The van der Waals surface area contributed by atoms with Crippen LogP contribution in [0.1, 0.15) is 27.6 Å². The number of nitrogens with one attached hydrogen (secondary N) is 1. The smallest absolute Gasteiger partial charge is 0.407 e. The van der Waals surface area contributed by atoms with Crippen LogP contribution in [0.3, 0.4) is 0 Å². The molecule has 0 aromatic heterocycles. The van der Waals surface area contributed by atoms with E-state index < -0.39 is 40.4 Å². The van der Waals surface area contributed by atoms with Crippen molar-refractivity contribution in [3.8, 4) is 0 Å². The maximum Gasteiger partial charge on any atom is 0.407 e. The molecule has 0 saturated carbocycles. The van der Waals surface area contributed by atoms with Crippen molar-refractivity contribution in [3.63, 3.8) is 0 Å². The van der Waals surface area contributed by atoms with Crippen molar-refractivity contribution in [1.29, 1.82) is 0 Å². The van der Waals surface area contributed by atoms with Crippen molar-refractivity contribution in [3.05, 3.63) is 75.3 Å². The van der Waals surface area contributed by atoms with E-state index in [0.717, 1.165) is 23.8 Å². The molecular weight excluding hydrogens is 372 g/mol. The summed E-state index contributed by atoms with van der Waals surface area (Å²) in [5, 5.41) is 42.3. The van der Waals surface area contributed by atoms with E-state index in [0.29, 0.717) is 0 Å². The van der Waals surface area contributed by atoms with Crippen LogP contribution in [0, 0.1) is 10.1 Å². The third kappa shape index (κ3) is 5.50. The highest BCUT2D eigenvalue weighted by molar-refractivity contribution is 5.92. The highest BCUT2D eigenvalue weighted by atomic mass is 16.6. The zero-order valence-electron chi connectivity index (χ0n) is 14.5. The first kappa shape index (κ1) is 20.8. The van der Waals surface area contributed by atoms with Gasteiger partial charge < -0.3 is 25.4 Å². The molecule has 2 aromatic rings. The first-order chi connectivity index (χ1) is 13.3. The second-order valence-electron chi connectivity index (χ2n) is 5.79. The van der Waals surface area contributed by atoms with Crippen LogP contribution in [-0.2, 0) is 11.3 Å². The lowest BCUT2D eigenvalue weighted by molar-refractivity contribution is -0.385. The Balaban J connectivity index is 1.94. The molecule has 4 N–H and O–H groups in total. The Labute approximate surface area is 159 Å². The second kappa shape index (κ2) is 9.44. The Morgan fingerprint density at radius 2 is 1.82 bits per heavy atom. The molecule has 2 unspecified atom stereocenters. The van der Waals surface area contributed by atoms with Crippen molar-refractivity contribution in [1.82, 2.24) is 5.32 Å². The predicted octanol–water partition coefficient (Wildman–Crippen LogP) is 1.61. The standard InChI is InChI=1S/C18H18N2O8/c21-15(9-19-18(25)28-10-11-4-2-1-3-5-11)16(22)12-6-7-14(20(26)27)13(8-12)17(23)24/h1-8,15-16,21-22H,9-10H2,(H,19,25)(H,23,24). The van der Waals surface area contributed by atoms with E-state index in [9.17, 15) is 29.9 Å². The van der Waals surface area contributed by atoms with Crippen LogP contribution >= 0.6 is 0 Å². The molecule has 2 rings (SSSR count). The zero-order valence-corrected chi connectivity index (χ0v) is 14.5. The monoisotopic (exact) mass is 390 g/mol. The van der Waals surface area contributed by atoms with Crippen LogP contribution in [-0.4, -0.2) is 45.0 Å². The Bertz CT molecular complexity index is 856. The molecule has 0 heterocycles. The molecule has 0 aliphatic carbocycles. The molecule has 2 atom stereocenters. The number of hydrogen-bond acceptors (Lipinski definition) is 7. The van der Waals surface area contributed by atoms with Gasteiger partial charge in [-0.15, -0.1) is 0 Å². The number of carboxylic acids is 1. The van der Waals surface area contributed by atoms with E-state index in [1.807, 2.05) is 6.07 Å². The zero-order chi connectivity index (χ0) is 20.7. The van der Waals surface area contributed by atoms with Gasteiger partial charge in [-0.25, -0.2) is 9.59 Å². The minimum absolute atomic E-state index is 0.0235. The van der Waals surface area contributed by atoms with Crippen molar-refractivity contribution < 1.29 is 34.6 Å². The van der Waals surface area contributed by atoms with Gasteiger partial charge in [0.05, 0.1) is 4.92 Å². The van der Waals surface area contributed by atoms with Gasteiger partial charge in [0.1, 0.15) is 24.4 Å². The van der Waals surface area contributed by atoms with E-state index in [1.54, 1.807) is 24.3 Å². The van der Waals surface area contributed by atoms with E-state index in [4.69, 9.17) is 9.84 Å². The Morgan fingerprint density at radius 3 is 2.43 bits per heavy atom. The second-order valence-corrected chi connectivity index (χ2v) is 5.79. The molecule has 10 nitrogen and oxygen atoms in total. The predicted molar refractivity (Wildman–Crippen MR) is 95.7 cm³/mol. The van der Waals surface area contributed by atoms with Gasteiger partial charge >= 0.3 is 12.1 Å². The highest BCUT2D eigenvalue weighted by Crippen LogP contribution is 2.25. The maximum atomic E-state index is 11.7. The number of nitro groups is 1. The Morgan fingerprint density at radius 1 is 1.14 bits per heavy atom. The summed E-state index contributed by atoms with van der Waals surface area (Å²) in [5.41, 5.74) is -0.537. The molecule has 0 aliphatic rings. The van der Waals surface area contributed by atoms with Crippen molar-refractivity contribution in [2.75, 3.05) is 6.54 Å². The molecule has 0 aliphatic heterocycles. The summed E-state index contributed by atoms with van der Waals surface area (Å²) in [4.78, 5) is 32.8. The number of aliphatic hydroxyl groups excluding tert-OH is 2. The topological polar surface area (TPSA) is 159 Å². The maximum absolute atomic E-state index is 11.7. The number of aromatic carboxylic acids is 1. The summed E-state index contributed by atoms with van der Waals surface area (Å²) < 4.78 is 4.96. The molecule has 148 valence electrons. The van der Waals surface area contributed by atoms with Crippen LogP contribution in [0.2, 0.25) is 0 Å². The van der Waals surface area contributed by atoms with Crippen LogP contribution in [0.4, 0.5) is 10.5 Å². The molecule has 0 saturated heterocycles. The SMILES string of the molecule is O=C(NCC(O)C(O)c1ccc([N+](=O)[O-])c(C(=O)O)c1)OCc1ccccc1. The molecule has 28 heavy (non-hydrogen) atoms. The number of carbonyl (C=O) groups excluding carboxylic acids is 1. The Hall–Kier alpha value is -3.50. The van der Waals surface area contributed by atoms with Crippen molar-refractivity contribution in [2.24, 2.45) is 0 Å². The fourth-order valence-corrected chi connectivity index (χ4v) is 2.36. The molecule has 0 fully saturated rings. The number of rotatable bonds is 8. The number of ether oxygens (including phenoxy) is 1. The first-order valence-corrected chi connectivity index (χ1v) is 8.12. The van der Waals surface area contributed by atoms with Crippen molar-refractivity contribution in [2.45, 2.75) is 18.8 Å². The van der Waals surface area contributed by atoms with E-state index in [2.05, 4.69) is 5.32 Å². The van der Waals surface area contributed by atoms with E-state index in [-0.39, 0.29) is 18.7 Å². The summed E-state index contributed by atoms with van der Waals surface area (Å²) in [6, 6.07) is 11.9. The lowest BCUT2D eigenvalue weighted by atomic mass is 10.0. The summed E-state index contributed by atoms with van der Waals surface area (Å²) in [6.07, 6.45) is -3.88. The van der Waals surface area contributed by atoms with Crippen LogP contribution in [0.5, 0.6) is 0 Å². The molecular formula is C18H18N2O8. The summed E-state index contributed by atoms with van der Waals surface area (Å²) in [5.74, 6) is -1.54. The molecule has 10 heteroatoms. The average molecular weight is 390 g/mol. The summed E-state index contributed by atoms with van der Waals surface area (Å²) >= 11 is 0. The number of carboxylic acid groups (broad SMARTS) is 1. The number of alkyl carbamates (subject to hydrolysis) is 1. The normalized spacial score (nSPS) is 12.6. The quantitative estimate of drug-likeness (QED) is 0.391. The number of hydrogen-bond donors (Lipinski definition) is 4. The average Bonchev–Trinajstić information content (AvgIpc) is 2.70. The minimum Gasteiger partial charge on any atom is -0.477 e. The van der Waals surface area contributed by atoms with Crippen LogP contribution in [0.15, 0.2) is 48.5 Å². The van der Waals surface area contributed by atoms with Gasteiger partial charge in [0.2, 0.25) is 0 Å². The third-order valence-electron chi connectivity index (χ3n) is 3.82. The van der Waals surface area contributed by atoms with Gasteiger partial charge in [-0.1, -0.05) is 30.3 Å². The molecule has 2 aromatic carbocycles. The summed E-state index contributed by atoms with van der Waals surface area (Å²) in [6.45, 7) is -0.357. The molecule has 0 spiro atoms. The largest absolute Gasteiger partial charge is 0.477 e. The molecule has 0 radical (unpaired) electrons. The number of amides is 1. The van der Waals surface area contributed by atoms with Gasteiger partial charge in [-0.2, -0.15) is 0 Å². The number of carbonyl (C=O) groups is 2. The van der Waals surface area contributed by atoms with Crippen molar-refractivity contribution >= 4 is 17.7 Å². The fourth-order valence-electron chi connectivity index (χ4n) is 2.36. The fraction of sp³-hybridized carbons (Fsp3) is 0.222. The lowest BCUT2D eigenvalue weighted by Gasteiger charge is -2.19.